The van der Waals surface area contributed by atoms with Gasteiger partial charge in [-0.2, -0.15) is 0 Å². The molecule has 12 rings (SSSR count). The second-order valence-corrected chi connectivity index (χ2v) is 17.4. The van der Waals surface area contributed by atoms with Crippen molar-refractivity contribution in [3.63, 3.8) is 0 Å². The van der Waals surface area contributed by atoms with Crippen molar-refractivity contribution < 1.29 is 0 Å². The molecule has 0 atom stereocenters. The van der Waals surface area contributed by atoms with Crippen molar-refractivity contribution >= 4 is 11.8 Å². The van der Waals surface area contributed by atoms with Gasteiger partial charge >= 0.3 is 0 Å². The fraction of sp³-hybridized carbons (Fsp3) is 0.0727. The van der Waals surface area contributed by atoms with Crippen molar-refractivity contribution in [2.75, 3.05) is 0 Å². The van der Waals surface area contributed by atoms with Gasteiger partial charge in [0.2, 0.25) is 0 Å². The Morgan fingerprint density at radius 1 is 0.339 bits per heavy atom. The highest BCUT2D eigenvalue weighted by molar-refractivity contribution is 7.99. The minimum atomic E-state index is -0.437. The van der Waals surface area contributed by atoms with Crippen LogP contribution >= 0.6 is 11.8 Å². The zero-order chi connectivity index (χ0) is 39.3. The van der Waals surface area contributed by atoms with Gasteiger partial charge in [-0.1, -0.05) is 195 Å². The minimum Gasteiger partial charge on any atom is -0.208 e. The fourth-order valence-electron chi connectivity index (χ4n) is 10.2. The topological polar surface area (TPSA) is 38.7 Å². The number of rotatable bonds is 4. The first-order chi connectivity index (χ1) is 29.0. The highest BCUT2D eigenvalue weighted by atomic mass is 32.2. The summed E-state index contributed by atoms with van der Waals surface area (Å²) in [5.41, 5.74) is 17.6. The number of benzene rings is 8. The Kier molecular flexibility index (Phi) is 7.42. The zero-order valence-electron chi connectivity index (χ0n) is 32.6. The molecule has 0 saturated carbocycles. The van der Waals surface area contributed by atoms with Crippen LogP contribution in [0.5, 0.6) is 0 Å². The van der Waals surface area contributed by atoms with E-state index in [1.807, 2.05) is 36.0 Å². The van der Waals surface area contributed by atoms with E-state index in [0.29, 0.717) is 17.5 Å². The van der Waals surface area contributed by atoms with Gasteiger partial charge in [0.1, 0.15) is 0 Å². The molecule has 9 aromatic rings. The normalized spacial score (nSPS) is 14.5. The molecule has 2 aliphatic carbocycles. The minimum absolute atomic E-state index is 0.330. The number of fused-ring (bicyclic) bond motifs is 12. The van der Waals surface area contributed by atoms with Crippen LogP contribution in [0.1, 0.15) is 47.2 Å². The van der Waals surface area contributed by atoms with Crippen molar-refractivity contribution in [2.24, 2.45) is 0 Å². The molecule has 0 amide bonds. The lowest BCUT2D eigenvalue weighted by Gasteiger charge is -2.40. The third kappa shape index (κ3) is 4.93. The van der Waals surface area contributed by atoms with Crippen LogP contribution in [0, 0.1) is 0 Å². The summed E-state index contributed by atoms with van der Waals surface area (Å²) in [5, 5.41) is 0. The van der Waals surface area contributed by atoms with E-state index in [9.17, 15) is 0 Å². The summed E-state index contributed by atoms with van der Waals surface area (Å²) in [6.07, 6.45) is 0. The zero-order valence-corrected chi connectivity index (χ0v) is 33.5. The summed E-state index contributed by atoms with van der Waals surface area (Å²) >= 11 is 1.90. The molecule has 0 fully saturated rings. The highest BCUT2D eigenvalue weighted by Crippen LogP contribution is 2.64. The average Bonchev–Trinajstić information content (AvgIpc) is 3.71. The summed E-state index contributed by atoms with van der Waals surface area (Å²) in [6, 6.07) is 68.1. The van der Waals surface area contributed by atoms with Gasteiger partial charge in [0.25, 0.3) is 0 Å². The number of nitrogens with zero attached hydrogens (tertiary/aromatic N) is 3. The Labute approximate surface area is 348 Å². The third-order valence-electron chi connectivity index (χ3n) is 12.8. The van der Waals surface area contributed by atoms with Crippen molar-refractivity contribution in [2.45, 2.75) is 34.5 Å². The first-order valence-corrected chi connectivity index (χ1v) is 21.1. The molecule has 0 N–H and O–H groups in total. The van der Waals surface area contributed by atoms with E-state index in [-0.39, 0.29) is 5.41 Å². The van der Waals surface area contributed by atoms with E-state index in [4.69, 9.17) is 15.0 Å². The number of hydrogen-bond acceptors (Lipinski definition) is 4. The van der Waals surface area contributed by atoms with Crippen LogP contribution in [-0.4, -0.2) is 15.0 Å². The summed E-state index contributed by atoms with van der Waals surface area (Å²) in [4.78, 5) is 18.3. The Morgan fingerprint density at radius 2 is 0.831 bits per heavy atom. The van der Waals surface area contributed by atoms with Crippen LogP contribution < -0.4 is 0 Å². The van der Waals surface area contributed by atoms with Gasteiger partial charge in [0.05, 0.1) is 5.41 Å². The van der Waals surface area contributed by atoms with Gasteiger partial charge in [-0.3, -0.25) is 0 Å². The van der Waals surface area contributed by atoms with Gasteiger partial charge in [0, 0.05) is 31.9 Å². The quantitative estimate of drug-likeness (QED) is 0.179. The van der Waals surface area contributed by atoms with E-state index < -0.39 is 5.41 Å². The van der Waals surface area contributed by atoms with Crippen LogP contribution in [-0.2, 0) is 10.8 Å². The molecule has 0 bridgehead atoms. The van der Waals surface area contributed by atoms with Gasteiger partial charge in [-0.25, -0.2) is 15.0 Å². The Balaban J connectivity index is 1.06. The van der Waals surface area contributed by atoms with E-state index in [1.54, 1.807) is 0 Å². The molecule has 278 valence electrons. The Bertz CT molecular complexity index is 3110. The van der Waals surface area contributed by atoms with Crippen LogP contribution in [0.25, 0.3) is 67.5 Å². The van der Waals surface area contributed by atoms with Crippen molar-refractivity contribution in [3.8, 4) is 67.5 Å². The van der Waals surface area contributed by atoms with E-state index in [1.165, 1.54) is 71.0 Å². The lowest BCUT2D eigenvalue weighted by Crippen LogP contribution is -2.32. The monoisotopic (exact) mass is 771 g/mol. The SMILES string of the molecule is CC1(C)c2cc3c(cc2-c2cccc(-c4nc(-c5ccccc5)nc(-c5ccc(-c6ccccc6)cc5)n4)c21)C1(c2ccccc2S3)c2ccccc2-c2ccccc21. The first-order valence-electron chi connectivity index (χ1n) is 20.3. The summed E-state index contributed by atoms with van der Waals surface area (Å²) in [5.74, 6) is 2.00. The van der Waals surface area contributed by atoms with Crippen LogP contribution in [0.2, 0.25) is 0 Å². The molecule has 4 heteroatoms. The van der Waals surface area contributed by atoms with E-state index in [2.05, 4.69) is 178 Å². The molecule has 0 unspecified atom stereocenters. The average molecular weight is 772 g/mol. The summed E-state index contributed by atoms with van der Waals surface area (Å²) < 4.78 is 0. The molecule has 0 saturated heterocycles. The molecule has 2 heterocycles. The maximum absolute atomic E-state index is 5.29. The van der Waals surface area contributed by atoms with Crippen LogP contribution in [0.4, 0.5) is 0 Å². The number of aromatic nitrogens is 3. The number of hydrogen-bond donors (Lipinski definition) is 0. The van der Waals surface area contributed by atoms with Crippen LogP contribution in [0.3, 0.4) is 0 Å². The van der Waals surface area contributed by atoms with E-state index >= 15 is 0 Å². The molecule has 1 aliphatic heterocycles. The lowest BCUT2D eigenvalue weighted by atomic mass is 9.66. The highest BCUT2D eigenvalue weighted by Gasteiger charge is 2.51. The lowest BCUT2D eigenvalue weighted by molar-refractivity contribution is 0.655. The summed E-state index contributed by atoms with van der Waals surface area (Å²) in [6.45, 7) is 4.74. The molecule has 1 spiro atoms. The predicted octanol–water partition coefficient (Wildman–Crippen LogP) is 13.7. The second-order valence-electron chi connectivity index (χ2n) is 16.3. The fourth-order valence-corrected chi connectivity index (χ4v) is 11.4. The van der Waals surface area contributed by atoms with Crippen molar-refractivity contribution in [1.82, 2.24) is 15.0 Å². The van der Waals surface area contributed by atoms with Crippen molar-refractivity contribution in [3.05, 3.63) is 221 Å². The standard InChI is InChI=1S/C55H37N3S/c1-54(2)46-33-49-47(55(45-26-13-14-27-48(45)59-49)43-24-11-9-20-38(43)39-21-10-12-25-44(39)55)32-42(46)40-22-15-23-41(50(40)54)53-57-51(36-18-7-4-8-19-36)56-52(58-53)37-30-28-35(29-31-37)34-16-5-3-6-17-34/h3-33H,1-2H3. The molecule has 8 aromatic carbocycles. The van der Waals surface area contributed by atoms with Crippen molar-refractivity contribution in [1.29, 1.82) is 0 Å². The first kappa shape index (κ1) is 34.2. The molecular formula is C55H37N3S. The third-order valence-corrected chi connectivity index (χ3v) is 13.9. The van der Waals surface area contributed by atoms with Gasteiger partial charge < -0.3 is 0 Å². The molecule has 1 aromatic heterocycles. The second kappa shape index (κ2) is 12.8. The molecular weight excluding hydrogens is 735 g/mol. The predicted molar refractivity (Wildman–Crippen MR) is 241 cm³/mol. The maximum Gasteiger partial charge on any atom is 0.164 e. The molecule has 3 aliphatic rings. The van der Waals surface area contributed by atoms with Gasteiger partial charge in [-0.15, -0.1) is 0 Å². The van der Waals surface area contributed by atoms with Crippen LogP contribution in [0.15, 0.2) is 198 Å². The Morgan fingerprint density at radius 3 is 1.51 bits per heavy atom. The maximum atomic E-state index is 5.29. The molecule has 0 radical (unpaired) electrons. The summed E-state index contributed by atoms with van der Waals surface area (Å²) in [7, 11) is 0. The molecule has 3 nitrogen and oxygen atoms in total. The van der Waals surface area contributed by atoms with E-state index in [0.717, 1.165) is 22.3 Å². The smallest absolute Gasteiger partial charge is 0.164 e. The van der Waals surface area contributed by atoms with Gasteiger partial charge in [-0.05, 0) is 85.0 Å². The molecule has 59 heavy (non-hydrogen) atoms. The Hall–Kier alpha value is -6.88. The van der Waals surface area contributed by atoms with Gasteiger partial charge in [0.15, 0.2) is 17.5 Å². The largest absolute Gasteiger partial charge is 0.208 e.